The van der Waals surface area contributed by atoms with E-state index in [0.29, 0.717) is 6.42 Å². The summed E-state index contributed by atoms with van der Waals surface area (Å²) in [5.74, 6) is -0.104. The van der Waals surface area contributed by atoms with Crippen molar-refractivity contribution in [3.05, 3.63) is 0 Å². The van der Waals surface area contributed by atoms with Crippen LogP contribution >= 0.6 is 0 Å². The Morgan fingerprint density at radius 3 is 2.08 bits per heavy atom. The average Bonchev–Trinajstić information content (AvgIpc) is 1.98. The van der Waals surface area contributed by atoms with Gasteiger partial charge in [0, 0.05) is 12.3 Å². The molecule has 0 unspecified atom stereocenters. The van der Waals surface area contributed by atoms with E-state index in [9.17, 15) is 9.90 Å². The largest absolute Gasteiger partial charge is 0.392 e. The Labute approximate surface area is 75.0 Å². The van der Waals surface area contributed by atoms with Crippen LogP contribution in [0, 0.1) is 11.3 Å². The SMILES string of the molecule is CCC(=O)[C@H](C)[C@@H](O)C(C)(C)C. The lowest BCUT2D eigenvalue weighted by molar-refractivity contribution is -0.128. The number of aliphatic hydroxyl groups is 1. The number of hydrogen-bond donors (Lipinski definition) is 1. The summed E-state index contributed by atoms with van der Waals surface area (Å²) < 4.78 is 0. The van der Waals surface area contributed by atoms with Crippen LogP contribution in [-0.2, 0) is 4.79 Å². The van der Waals surface area contributed by atoms with Gasteiger partial charge in [0.2, 0.25) is 0 Å². The summed E-state index contributed by atoms with van der Waals surface area (Å²) in [5, 5.41) is 9.73. The summed E-state index contributed by atoms with van der Waals surface area (Å²) in [4.78, 5) is 11.2. The number of ketones is 1. The zero-order chi connectivity index (χ0) is 9.94. The molecule has 1 N–H and O–H groups in total. The molecule has 0 aliphatic carbocycles. The maximum atomic E-state index is 11.2. The van der Waals surface area contributed by atoms with Crippen LogP contribution in [-0.4, -0.2) is 17.0 Å². The normalized spacial score (nSPS) is 17.2. The van der Waals surface area contributed by atoms with Gasteiger partial charge in [-0.05, 0) is 5.41 Å². The van der Waals surface area contributed by atoms with Crippen LogP contribution in [0.5, 0.6) is 0 Å². The minimum Gasteiger partial charge on any atom is -0.392 e. The van der Waals surface area contributed by atoms with Crippen molar-refractivity contribution in [2.75, 3.05) is 0 Å². The first kappa shape index (κ1) is 11.6. The molecular formula is C10H20O2. The molecule has 0 heterocycles. The molecule has 0 aromatic heterocycles. The van der Waals surface area contributed by atoms with Gasteiger partial charge in [0.05, 0.1) is 6.10 Å². The number of carbonyl (C=O) groups excluding carboxylic acids is 1. The lowest BCUT2D eigenvalue weighted by atomic mass is 9.80. The lowest BCUT2D eigenvalue weighted by Gasteiger charge is -2.29. The van der Waals surface area contributed by atoms with Crippen molar-refractivity contribution in [3.8, 4) is 0 Å². The minimum absolute atomic E-state index is 0.137. The van der Waals surface area contributed by atoms with Gasteiger partial charge >= 0.3 is 0 Å². The topological polar surface area (TPSA) is 37.3 Å². The van der Waals surface area contributed by atoms with Crippen molar-refractivity contribution >= 4 is 5.78 Å². The number of carbonyl (C=O) groups is 1. The maximum Gasteiger partial charge on any atom is 0.138 e. The van der Waals surface area contributed by atoms with E-state index in [0.717, 1.165) is 0 Å². The second kappa shape index (κ2) is 4.04. The first-order valence-electron chi connectivity index (χ1n) is 4.51. The molecule has 0 aromatic rings. The molecule has 0 rings (SSSR count). The third kappa shape index (κ3) is 2.94. The van der Waals surface area contributed by atoms with Gasteiger partial charge in [-0.15, -0.1) is 0 Å². The summed E-state index contributed by atoms with van der Waals surface area (Å²) in [6, 6.07) is 0. The highest BCUT2D eigenvalue weighted by Crippen LogP contribution is 2.25. The molecule has 72 valence electrons. The first-order chi connectivity index (χ1) is 5.30. The quantitative estimate of drug-likeness (QED) is 0.707. The Balaban J connectivity index is 4.29. The highest BCUT2D eigenvalue weighted by molar-refractivity contribution is 5.80. The van der Waals surface area contributed by atoms with Crippen LogP contribution in [0.25, 0.3) is 0 Å². The lowest BCUT2D eigenvalue weighted by Crippen LogP contribution is -2.36. The molecule has 0 aromatic carbocycles. The number of hydrogen-bond acceptors (Lipinski definition) is 2. The molecule has 2 heteroatoms. The van der Waals surface area contributed by atoms with Gasteiger partial charge in [-0.2, -0.15) is 0 Å². The zero-order valence-corrected chi connectivity index (χ0v) is 8.72. The average molecular weight is 172 g/mol. The monoisotopic (exact) mass is 172 g/mol. The predicted octanol–water partition coefficient (Wildman–Crippen LogP) is 2.01. The molecule has 0 saturated carbocycles. The van der Waals surface area contributed by atoms with Crippen molar-refractivity contribution in [1.82, 2.24) is 0 Å². The van der Waals surface area contributed by atoms with E-state index >= 15 is 0 Å². The molecule has 2 atom stereocenters. The van der Waals surface area contributed by atoms with E-state index in [4.69, 9.17) is 0 Å². The second-order valence-corrected chi connectivity index (χ2v) is 4.42. The van der Waals surface area contributed by atoms with Crippen molar-refractivity contribution < 1.29 is 9.90 Å². The van der Waals surface area contributed by atoms with Crippen molar-refractivity contribution in [2.45, 2.75) is 47.1 Å². The van der Waals surface area contributed by atoms with Gasteiger partial charge in [-0.3, -0.25) is 4.79 Å². The molecule has 0 spiro atoms. The molecule has 0 fully saturated rings. The third-order valence-corrected chi connectivity index (χ3v) is 2.22. The van der Waals surface area contributed by atoms with Crippen molar-refractivity contribution in [1.29, 1.82) is 0 Å². The van der Waals surface area contributed by atoms with Crippen LogP contribution in [0.4, 0.5) is 0 Å². The van der Waals surface area contributed by atoms with Crippen LogP contribution in [0.1, 0.15) is 41.0 Å². The number of Topliss-reactive ketones (excluding diaryl/α,β-unsaturated/α-hetero) is 1. The Hall–Kier alpha value is -0.370. The van der Waals surface area contributed by atoms with E-state index in [1.165, 1.54) is 0 Å². The van der Waals surface area contributed by atoms with Crippen LogP contribution in [0.15, 0.2) is 0 Å². The summed E-state index contributed by atoms with van der Waals surface area (Å²) in [7, 11) is 0. The fourth-order valence-electron chi connectivity index (χ4n) is 1.25. The van der Waals surface area contributed by atoms with E-state index < -0.39 is 6.10 Å². The minimum atomic E-state index is -0.537. The van der Waals surface area contributed by atoms with E-state index in [1.54, 1.807) is 6.92 Å². The Morgan fingerprint density at radius 1 is 1.42 bits per heavy atom. The predicted molar refractivity (Wildman–Crippen MR) is 49.9 cm³/mol. The number of aliphatic hydroxyl groups excluding tert-OH is 1. The van der Waals surface area contributed by atoms with Gasteiger partial charge < -0.3 is 5.11 Å². The highest BCUT2D eigenvalue weighted by atomic mass is 16.3. The van der Waals surface area contributed by atoms with Crippen LogP contribution in [0.3, 0.4) is 0 Å². The highest BCUT2D eigenvalue weighted by Gasteiger charge is 2.30. The standard InChI is InChI=1S/C10H20O2/c1-6-8(11)7(2)9(12)10(3,4)5/h7,9,12H,6H2,1-5H3/t7-,9+/m0/s1. The van der Waals surface area contributed by atoms with Gasteiger partial charge in [0.25, 0.3) is 0 Å². The molecule has 0 amide bonds. The summed E-state index contributed by atoms with van der Waals surface area (Å²) in [6.45, 7) is 9.45. The van der Waals surface area contributed by atoms with E-state index in [1.807, 2.05) is 27.7 Å². The smallest absolute Gasteiger partial charge is 0.138 e. The molecule has 0 bridgehead atoms. The molecule has 0 radical (unpaired) electrons. The third-order valence-electron chi connectivity index (χ3n) is 2.22. The maximum absolute atomic E-state index is 11.2. The first-order valence-corrected chi connectivity index (χ1v) is 4.51. The molecule has 2 nitrogen and oxygen atoms in total. The van der Waals surface area contributed by atoms with Gasteiger partial charge in [-0.1, -0.05) is 34.6 Å². The molecule has 12 heavy (non-hydrogen) atoms. The summed E-state index contributed by atoms with van der Waals surface area (Å²) in [5.41, 5.74) is -0.204. The molecule has 0 aliphatic rings. The van der Waals surface area contributed by atoms with Crippen LogP contribution in [0.2, 0.25) is 0 Å². The Morgan fingerprint density at radius 2 is 1.83 bits per heavy atom. The van der Waals surface area contributed by atoms with Crippen molar-refractivity contribution in [2.24, 2.45) is 11.3 Å². The second-order valence-electron chi connectivity index (χ2n) is 4.42. The van der Waals surface area contributed by atoms with E-state index in [2.05, 4.69) is 0 Å². The van der Waals surface area contributed by atoms with Gasteiger partial charge in [0.1, 0.15) is 5.78 Å². The van der Waals surface area contributed by atoms with Crippen LogP contribution < -0.4 is 0 Å². The molecular weight excluding hydrogens is 152 g/mol. The Bertz CT molecular complexity index is 156. The molecule has 0 saturated heterocycles. The summed E-state index contributed by atoms with van der Waals surface area (Å²) >= 11 is 0. The van der Waals surface area contributed by atoms with E-state index in [-0.39, 0.29) is 17.1 Å². The summed E-state index contributed by atoms with van der Waals surface area (Å²) in [6.07, 6.45) is -0.0288. The fraction of sp³-hybridized carbons (Fsp3) is 0.900. The van der Waals surface area contributed by atoms with Gasteiger partial charge in [-0.25, -0.2) is 0 Å². The number of rotatable bonds is 3. The van der Waals surface area contributed by atoms with Gasteiger partial charge in [0.15, 0.2) is 0 Å². The fourth-order valence-corrected chi connectivity index (χ4v) is 1.25. The molecule has 0 aliphatic heterocycles. The Kier molecular flexibility index (Phi) is 3.91. The van der Waals surface area contributed by atoms with Crippen molar-refractivity contribution in [3.63, 3.8) is 0 Å². The zero-order valence-electron chi connectivity index (χ0n) is 8.72.